The number of amides is 3. The maximum atomic E-state index is 13.5. The van der Waals surface area contributed by atoms with E-state index in [-0.39, 0.29) is 24.5 Å². The summed E-state index contributed by atoms with van der Waals surface area (Å²) in [5, 5.41) is 2.98. The molecule has 1 heterocycles. The molecule has 1 aromatic heterocycles. The zero-order valence-corrected chi connectivity index (χ0v) is 20.5. The van der Waals surface area contributed by atoms with Crippen LogP contribution in [0, 0.1) is 6.92 Å². The van der Waals surface area contributed by atoms with Crippen molar-refractivity contribution < 1.29 is 9.59 Å². The van der Waals surface area contributed by atoms with Crippen molar-refractivity contribution in [2.75, 3.05) is 6.54 Å². The highest BCUT2D eigenvalue weighted by atomic mass is 32.1. The number of thiophene rings is 1. The third-order valence-corrected chi connectivity index (χ3v) is 6.67. The molecule has 2 aromatic carbocycles. The van der Waals surface area contributed by atoms with Crippen LogP contribution >= 0.6 is 11.3 Å². The third-order valence-electron chi connectivity index (χ3n) is 5.69. The van der Waals surface area contributed by atoms with Crippen LogP contribution < -0.4 is 5.32 Å². The Morgan fingerprint density at radius 2 is 1.55 bits per heavy atom. The van der Waals surface area contributed by atoms with Gasteiger partial charge in [-0.25, -0.2) is 4.79 Å². The molecule has 1 N–H and O–H groups in total. The van der Waals surface area contributed by atoms with E-state index in [1.807, 2.05) is 79.4 Å². The van der Waals surface area contributed by atoms with E-state index >= 15 is 0 Å². The van der Waals surface area contributed by atoms with E-state index in [0.717, 1.165) is 22.4 Å². The van der Waals surface area contributed by atoms with E-state index in [4.69, 9.17) is 0 Å². The summed E-state index contributed by atoms with van der Waals surface area (Å²) in [4.78, 5) is 32.4. The van der Waals surface area contributed by atoms with Crippen molar-refractivity contribution in [3.8, 4) is 0 Å². The molecule has 1 unspecified atom stereocenters. The predicted molar refractivity (Wildman–Crippen MR) is 135 cm³/mol. The highest BCUT2D eigenvalue weighted by Crippen LogP contribution is 2.19. The molecule has 3 aromatic rings. The molecular weight excluding hydrogens is 430 g/mol. The van der Waals surface area contributed by atoms with Gasteiger partial charge in [0.05, 0.1) is 6.54 Å². The molecule has 0 radical (unpaired) electrons. The quantitative estimate of drug-likeness (QED) is 0.426. The summed E-state index contributed by atoms with van der Waals surface area (Å²) in [5.41, 5.74) is 2.10. The topological polar surface area (TPSA) is 52.7 Å². The molecule has 174 valence electrons. The van der Waals surface area contributed by atoms with Crippen LogP contribution in [0.5, 0.6) is 0 Å². The summed E-state index contributed by atoms with van der Waals surface area (Å²) in [6.45, 7) is 7.61. The van der Waals surface area contributed by atoms with E-state index in [0.29, 0.717) is 19.6 Å². The van der Waals surface area contributed by atoms with Gasteiger partial charge in [-0.1, -0.05) is 67.6 Å². The number of benzene rings is 2. The summed E-state index contributed by atoms with van der Waals surface area (Å²) in [6.07, 6.45) is 0.773. The van der Waals surface area contributed by atoms with Crippen LogP contribution in [-0.4, -0.2) is 34.3 Å². The van der Waals surface area contributed by atoms with Gasteiger partial charge in [-0.05, 0) is 43.5 Å². The van der Waals surface area contributed by atoms with E-state index in [1.54, 1.807) is 16.2 Å². The van der Waals surface area contributed by atoms with Gasteiger partial charge in [0, 0.05) is 28.9 Å². The van der Waals surface area contributed by atoms with Crippen molar-refractivity contribution in [1.82, 2.24) is 15.1 Å². The smallest absolute Gasteiger partial charge is 0.318 e. The Bertz CT molecular complexity index is 1020. The van der Waals surface area contributed by atoms with Crippen LogP contribution in [-0.2, 0) is 24.4 Å². The van der Waals surface area contributed by atoms with Gasteiger partial charge in [-0.3, -0.25) is 4.79 Å². The van der Waals surface area contributed by atoms with Crippen LogP contribution in [0.3, 0.4) is 0 Å². The van der Waals surface area contributed by atoms with Crippen molar-refractivity contribution >= 4 is 23.3 Å². The Balaban J connectivity index is 1.72. The second kappa shape index (κ2) is 12.2. The van der Waals surface area contributed by atoms with E-state index in [1.165, 1.54) is 4.88 Å². The van der Waals surface area contributed by atoms with Gasteiger partial charge in [0.2, 0.25) is 5.91 Å². The lowest BCUT2D eigenvalue weighted by atomic mass is 10.2. The lowest BCUT2D eigenvalue weighted by molar-refractivity contribution is -0.133. The molecule has 33 heavy (non-hydrogen) atoms. The molecule has 0 fully saturated rings. The standard InChI is InChI=1S/C27H33N3O2S/c1-4-21(2)30(27(32)28-17-23-11-7-5-8-12-23)20-26(31)29(18-24-13-9-6-10-14-24)19-25-16-15-22(3)33-25/h5-16,21H,4,17-20H2,1-3H3,(H,28,32). The molecule has 6 heteroatoms. The summed E-state index contributed by atoms with van der Waals surface area (Å²) >= 11 is 1.70. The first-order chi connectivity index (χ1) is 16.0. The Kier molecular flexibility index (Phi) is 9.07. The number of rotatable bonds is 10. The maximum absolute atomic E-state index is 13.5. The molecule has 0 spiro atoms. The predicted octanol–water partition coefficient (Wildman–Crippen LogP) is 5.60. The number of carbonyl (C=O) groups is 2. The van der Waals surface area contributed by atoms with Gasteiger partial charge in [0.15, 0.2) is 0 Å². The minimum absolute atomic E-state index is 0.0484. The molecule has 0 aliphatic rings. The molecule has 0 aliphatic heterocycles. The fourth-order valence-corrected chi connectivity index (χ4v) is 4.47. The molecule has 0 bridgehead atoms. The molecule has 3 rings (SSSR count). The number of hydrogen-bond acceptors (Lipinski definition) is 3. The second-order valence-electron chi connectivity index (χ2n) is 8.28. The monoisotopic (exact) mass is 463 g/mol. The van der Waals surface area contributed by atoms with Crippen LogP contribution in [0.2, 0.25) is 0 Å². The average molecular weight is 464 g/mol. The fraction of sp³-hybridized carbons (Fsp3) is 0.333. The Morgan fingerprint density at radius 1 is 0.909 bits per heavy atom. The van der Waals surface area contributed by atoms with Gasteiger partial charge in [0.25, 0.3) is 0 Å². The number of nitrogens with one attached hydrogen (secondary N) is 1. The highest BCUT2D eigenvalue weighted by molar-refractivity contribution is 7.11. The lowest BCUT2D eigenvalue weighted by Gasteiger charge is -2.31. The first kappa shape index (κ1) is 24.5. The van der Waals surface area contributed by atoms with Crippen LogP contribution in [0.15, 0.2) is 72.8 Å². The zero-order valence-electron chi connectivity index (χ0n) is 19.7. The average Bonchev–Trinajstić information content (AvgIpc) is 3.25. The number of carbonyl (C=O) groups excluding carboxylic acids is 2. The SMILES string of the molecule is CCC(C)N(CC(=O)N(Cc1ccccc1)Cc1ccc(C)s1)C(=O)NCc1ccccc1. The molecular formula is C27H33N3O2S. The number of urea groups is 1. The van der Waals surface area contributed by atoms with Crippen molar-refractivity contribution in [2.45, 2.75) is 52.9 Å². The molecule has 0 aliphatic carbocycles. The summed E-state index contributed by atoms with van der Waals surface area (Å²) in [7, 11) is 0. The van der Waals surface area contributed by atoms with Gasteiger partial charge in [0.1, 0.15) is 6.54 Å². The maximum Gasteiger partial charge on any atom is 0.318 e. The van der Waals surface area contributed by atoms with E-state index < -0.39 is 0 Å². The summed E-state index contributed by atoms with van der Waals surface area (Å²) in [5.74, 6) is -0.0555. The van der Waals surface area contributed by atoms with Crippen LogP contribution in [0.1, 0.15) is 41.1 Å². The largest absolute Gasteiger partial charge is 0.334 e. The molecule has 0 saturated heterocycles. The van der Waals surface area contributed by atoms with Gasteiger partial charge in [-0.2, -0.15) is 0 Å². The summed E-state index contributed by atoms with van der Waals surface area (Å²) in [6, 6.07) is 23.7. The molecule has 1 atom stereocenters. The Morgan fingerprint density at radius 3 is 2.12 bits per heavy atom. The van der Waals surface area contributed by atoms with Gasteiger partial charge in [-0.15, -0.1) is 11.3 Å². The molecule has 5 nitrogen and oxygen atoms in total. The first-order valence-corrected chi connectivity index (χ1v) is 12.2. The van der Waals surface area contributed by atoms with Crippen LogP contribution in [0.25, 0.3) is 0 Å². The number of aryl methyl sites for hydroxylation is 1. The van der Waals surface area contributed by atoms with Crippen molar-refractivity contribution in [3.63, 3.8) is 0 Å². The van der Waals surface area contributed by atoms with E-state index in [9.17, 15) is 9.59 Å². The number of hydrogen-bond donors (Lipinski definition) is 1. The normalized spacial score (nSPS) is 11.6. The first-order valence-electron chi connectivity index (χ1n) is 11.4. The summed E-state index contributed by atoms with van der Waals surface area (Å²) < 4.78 is 0. The minimum Gasteiger partial charge on any atom is -0.334 e. The van der Waals surface area contributed by atoms with Crippen molar-refractivity contribution in [3.05, 3.63) is 93.7 Å². The van der Waals surface area contributed by atoms with Crippen LogP contribution in [0.4, 0.5) is 4.79 Å². The fourth-order valence-electron chi connectivity index (χ4n) is 3.56. The van der Waals surface area contributed by atoms with Gasteiger partial charge < -0.3 is 15.1 Å². The van der Waals surface area contributed by atoms with Crippen molar-refractivity contribution in [2.24, 2.45) is 0 Å². The lowest BCUT2D eigenvalue weighted by Crippen LogP contribution is -2.49. The molecule has 3 amide bonds. The molecule has 0 saturated carbocycles. The third kappa shape index (κ3) is 7.46. The zero-order chi connectivity index (χ0) is 23.6. The highest BCUT2D eigenvalue weighted by Gasteiger charge is 2.25. The Labute approximate surface area is 201 Å². The van der Waals surface area contributed by atoms with Crippen molar-refractivity contribution in [1.29, 1.82) is 0 Å². The Hall–Kier alpha value is -3.12. The van der Waals surface area contributed by atoms with Gasteiger partial charge >= 0.3 is 6.03 Å². The second-order valence-corrected chi connectivity index (χ2v) is 9.65. The minimum atomic E-state index is -0.215. The number of nitrogens with zero attached hydrogens (tertiary/aromatic N) is 2. The van der Waals surface area contributed by atoms with E-state index in [2.05, 4.69) is 24.4 Å².